The van der Waals surface area contributed by atoms with E-state index in [2.05, 4.69) is 4.98 Å². The second kappa shape index (κ2) is 6.53. The van der Waals surface area contributed by atoms with Crippen molar-refractivity contribution in [1.82, 2.24) is 4.98 Å². The maximum absolute atomic E-state index is 14.7. The number of anilines is 1. The molecule has 0 radical (unpaired) electrons. The van der Waals surface area contributed by atoms with Crippen molar-refractivity contribution in [1.29, 1.82) is 0 Å². The Hall–Kier alpha value is -3.51. The van der Waals surface area contributed by atoms with Crippen LogP contribution in [0.1, 0.15) is 27.7 Å². The maximum Gasteiger partial charge on any atom is 0.296 e. The predicted octanol–water partition coefficient (Wildman–Crippen LogP) is 4.73. The zero-order valence-corrected chi connectivity index (χ0v) is 15.6. The van der Waals surface area contributed by atoms with Crippen molar-refractivity contribution in [2.45, 2.75) is 6.04 Å². The van der Waals surface area contributed by atoms with Crippen LogP contribution in [-0.4, -0.2) is 10.9 Å². The molecule has 0 fully saturated rings. The van der Waals surface area contributed by atoms with E-state index in [-0.39, 0.29) is 27.9 Å². The number of aromatic nitrogens is 1. The molecule has 4 aromatic rings. The summed E-state index contributed by atoms with van der Waals surface area (Å²) in [6.07, 6.45) is 1.52. The Balaban J connectivity index is 1.86. The summed E-state index contributed by atoms with van der Waals surface area (Å²) in [6, 6.07) is 14.6. The fourth-order valence-corrected chi connectivity index (χ4v) is 3.84. The Morgan fingerprint density at radius 2 is 1.83 bits per heavy atom. The molecule has 1 aliphatic heterocycles. The molecule has 3 heterocycles. The third-order valence-electron chi connectivity index (χ3n) is 4.93. The first-order valence-corrected chi connectivity index (χ1v) is 9.19. The van der Waals surface area contributed by atoms with Gasteiger partial charge in [0.25, 0.3) is 5.91 Å². The highest BCUT2D eigenvalue weighted by Crippen LogP contribution is 2.41. The Bertz CT molecular complexity index is 1340. The van der Waals surface area contributed by atoms with E-state index in [1.807, 2.05) is 0 Å². The minimum atomic E-state index is -1.01. The van der Waals surface area contributed by atoms with Gasteiger partial charge in [0.05, 0.1) is 17.0 Å². The Kier molecular flexibility index (Phi) is 3.96. The molecule has 142 valence electrons. The molecular formula is C22H12ClFN2O3. The van der Waals surface area contributed by atoms with Crippen molar-refractivity contribution in [2.75, 3.05) is 4.90 Å². The van der Waals surface area contributed by atoms with E-state index in [4.69, 9.17) is 16.0 Å². The van der Waals surface area contributed by atoms with Crippen molar-refractivity contribution < 1.29 is 13.6 Å². The largest absolute Gasteiger partial charge is 0.450 e. The lowest BCUT2D eigenvalue weighted by molar-refractivity contribution is 0.0970. The molecule has 0 unspecified atom stereocenters. The summed E-state index contributed by atoms with van der Waals surface area (Å²) in [4.78, 5) is 32.1. The van der Waals surface area contributed by atoms with Gasteiger partial charge in [0.2, 0.25) is 5.76 Å². The van der Waals surface area contributed by atoms with Crippen molar-refractivity contribution in [2.24, 2.45) is 0 Å². The summed E-state index contributed by atoms with van der Waals surface area (Å²) in [5.41, 5.74) is 0.0601. The predicted molar refractivity (Wildman–Crippen MR) is 107 cm³/mol. The Morgan fingerprint density at radius 1 is 1.03 bits per heavy atom. The van der Waals surface area contributed by atoms with Crippen LogP contribution in [0.3, 0.4) is 0 Å². The second-order valence-corrected chi connectivity index (χ2v) is 7.04. The zero-order valence-electron chi connectivity index (χ0n) is 14.8. The molecule has 0 N–H and O–H groups in total. The molecule has 1 atom stereocenters. The summed E-state index contributed by atoms with van der Waals surface area (Å²) in [5.74, 6) is -0.923. The molecule has 2 aromatic heterocycles. The molecule has 5 rings (SSSR count). The minimum Gasteiger partial charge on any atom is -0.450 e. The molecule has 2 aromatic carbocycles. The van der Waals surface area contributed by atoms with E-state index < -0.39 is 23.2 Å². The fraction of sp³-hybridized carbons (Fsp3) is 0.0455. The quantitative estimate of drug-likeness (QED) is 0.482. The number of carbonyl (C=O) groups is 1. The van der Waals surface area contributed by atoms with Crippen molar-refractivity contribution in [3.05, 3.63) is 105 Å². The van der Waals surface area contributed by atoms with Crippen LogP contribution in [0.4, 0.5) is 10.2 Å². The van der Waals surface area contributed by atoms with Gasteiger partial charge in [-0.3, -0.25) is 14.5 Å². The topological polar surface area (TPSA) is 63.4 Å². The lowest BCUT2D eigenvalue weighted by atomic mass is 9.98. The molecule has 0 saturated carbocycles. The van der Waals surface area contributed by atoms with E-state index in [0.717, 1.165) is 0 Å². The average molecular weight is 407 g/mol. The van der Waals surface area contributed by atoms with Gasteiger partial charge in [-0.2, -0.15) is 0 Å². The van der Waals surface area contributed by atoms with Gasteiger partial charge >= 0.3 is 0 Å². The van der Waals surface area contributed by atoms with E-state index in [9.17, 15) is 14.0 Å². The highest BCUT2D eigenvalue weighted by molar-refractivity contribution is 6.31. The van der Waals surface area contributed by atoms with E-state index in [0.29, 0.717) is 10.8 Å². The van der Waals surface area contributed by atoms with Crippen LogP contribution < -0.4 is 10.3 Å². The summed E-state index contributed by atoms with van der Waals surface area (Å²) in [6.45, 7) is 0. The highest BCUT2D eigenvalue weighted by Gasteiger charge is 2.45. The fourth-order valence-electron chi connectivity index (χ4n) is 3.67. The number of rotatable bonds is 2. The van der Waals surface area contributed by atoms with Crippen LogP contribution in [0, 0.1) is 5.82 Å². The van der Waals surface area contributed by atoms with Crippen LogP contribution in [0.25, 0.3) is 11.0 Å². The number of hydrogen-bond donors (Lipinski definition) is 0. The van der Waals surface area contributed by atoms with Gasteiger partial charge in [0.15, 0.2) is 5.43 Å². The number of fused-ring (bicyclic) bond motifs is 2. The van der Waals surface area contributed by atoms with Crippen LogP contribution >= 0.6 is 11.6 Å². The third-order valence-corrected chi connectivity index (χ3v) is 5.16. The molecule has 0 bridgehead atoms. The van der Waals surface area contributed by atoms with Gasteiger partial charge in [-0.1, -0.05) is 35.9 Å². The standard InChI is InChI=1S/C22H12ClFN2O3/c23-12-8-9-16-14(11-12)20(27)18-19(13-5-1-2-6-15(13)24)26(22(28)21(18)29-16)17-7-3-4-10-25-17/h1-11,19H/t19-/m1/s1. The monoisotopic (exact) mass is 406 g/mol. The molecule has 1 amide bonds. The van der Waals surface area contributed by atoms with Gasteiger partial charge in [0, 0.05) is 16.8 Å². The second-order valence-electron chi connectivity index (χ2n) is 6.60. The number of halogens is 2. The van der Waals surface area contributed by atoms with Crippen LogP contribution in [0.15, 0.2) is 76.1 Å². The van der Waals surface area contributed by atoms with Gasteiger partial charge in [-0.15, -0.1) is 0 Å². The molecule has 1 aliphatic rings. The first-order chi connectivity index (χ1) is 14.1. The van der Waals surface area contributed by atoms with Crippen LogP contribution in [0.2, 0.25) is 5.02 Å². The third kappa shape index (κ3) is 2.64. The molecule has 0 saturated heterocycles. The average Bonchev–Trinajstić information content (AvgIpc) is 3.02. The molecule has 0 aliphatic carbocycles. The normalized spacial score (nSPS) is 15.7. The van der Waals surface area contributed by atoms with Gasteiger partial charge in [0.1, 0.15) is 17.2 Å². The van der Waals surface area contributed by atoms with Gasteiger partial charge in [-0.05, 0) is 36.4 Å². The Labute approximate surface area is 169 Å². The lowest BCUT2D eigenvalue weighted by Gasteiger charge is -2.24. The number of amides is 1. The van der Waals surface area contributed by atoms with Crippen molar-refractivity contribution in [3.8, 4) is 0 Å². The lowest BCUT2D eigenvalue weighted by Crippen LogP contribution is -2.30. The first-order valence-electron chi connectivity index (χ1n) is 8.81. The van der Waals surface area contributed by atoms with Crippen molar-refractivity contribution >= 4 is 34.3 Å². The Morgan fingerprint density at radius 3 is 2.59 bits per heavy atom. The molecule has 29 heavy (non-hydrogen) atoms. The molecule has 7 heteroatoms. The van der Waals surface area contributed by atoms with Crippen molar-refractivity contribution in [3.63, 3.8) is 0 Å². The number of carbonyl (C=O) groups excluding carboxylic acids is 1. The van der Waals surface area contributed by atoms with Crippen LogP contribution in [0.5, 0.6) is 0 Å². The zero-order chi connectivity index (χ0) is 20.1. The summed E-state index contributed by atoms with van der Waals surface area (Å²) >= 11 is 6.05. The van der Waals surface area contributed by atoms with E-state index in [1.54, 1.807) is 42.5 Å². The number of nitrogens with zero attached hydrogens (tertiary/aromatic N) is 2. The first kappa shape index (κ1) is 17.6. The summed E-state index contributed by atoms with van der Waals surface area (Å²) < 4.78 is 20.5. The molecular weight excluding hydrogens is 395 g/mol. The summed E-state index contributed by atoms with van der Waals surface area (Å²) in [5, 5.41) is 0.589. The van der Waals surface area contributed by atoms with Crippen LogP contribution in [-0.2, 0) is 0 Å². The van der Waals surface area contributed by atoms with E-state index in [1.165, 1.54) is 29.3 Å². The number of benzene rings is 2. The van der Waals surface area contributed by atoms with Gasteiger partial charge < -0.3 is 4.42 Å². The maximum atomic E-state index is 14.7. The number of hydrogen-bond acceptors (Lipinski definition) is 4. The number of pyridine rings is 1. The smallest absolute Gasteiger partial charge is 0.296 e. The summed E-state index contributed by atoms with van der Waals surface area (Å²) in [7, 11) is 0. The highest BCUT2D eigenvalue weighted by atomic mass is 35.5. The minimum absolute atomic E-state index is 0.0699. The van der Waals surface area contributed by atoms with E-state index >= 15 is 0 Å². The molecule has 5 nitrogen and oxygen atoms in total. The van der Waals surface area contributed by atoms with Gasteiger partial charge in [-0.25, -0.2) is 9.37 Å². The molecule has 0 spiro atoms. The SMILES string of the molecule is O=C1c2oc3ccc(Cl)cc3c(=O)c2[C@@H](c2ccccc2F)N1c1ccccn1.